The van der Waals surface area contributed by atoms with Gasteiger partial charge < -0.3 is 19.7 Å². The van der Waals surface area contributed by atoms with E-state index in [1.807, 2.05) is 18.2 Å². The van der Waals surface area contributed by atoms with Crippen LogP contribution in [0.2, 0.25) is 0 Å². The van der Waals surface area contributed by atoms with Crippen molar-refractivity contribution in [2.75, 3.05) is 12.5 Å². The van der Waals surface area contributed by atoms with Crippen LogP contribution in [0.15, 0.2) is 22.7 Å². The van der Waals surface area contributed by atoms with Crippen molar-refractivity contribution in [2.24, 2.45) is 5.92 Å². The van der Waals surface area contributed by atoms with E-state index in [2.05, 4.69) is 19.0 Å². The van der Waals surface area contributed by atoms with Gasteiger partial charge >= 0.3 is 0 Å². The van der Waals surface area contributed by atoms with Crippen molar-refractivity contribution >= 4 is 5.88 Å². The maximum Gasteiger partial charge on any atom is 0.231 e. The Kier molecular flexibility index (Phi) is 3.26. The summed E-state index contributed by atoms with van der Waals surface area (Å²) in [7, 11) is 0. The number of hydrogen-bond donors (Lipinski definition) is 1. The monoisotopic (exact) mass is 274 g/mol. The first-order valence-corrected chi connectivity index (χ1v) is 6.83. The highest BCUT2D eigenvalue weighted by Crippen LogP contribution is 2.39. The summed E-state index contributed by atoms with van der Waals surface area (Å²) in [5, 5.41) is 4.10. The number of rotatable bonds is 4. The van der Waals surface area contributed by atoms with Crippen molar-refractivity contribution in [2.45, 2.75) is 26.7 Å². The number of nitrogen functional groups attached to an aromatic ring is 1. The second-order valence-corrected chi connectivity index (χ2v) is 5.15. The number of hydrogen-bond acceptors (Lipinski definition) is 5. The van der Waals surface area contributed by atoms with Crippen LogP contribution >= 0.6 is 0 Å². The van der Waals surface area contributed by atoms with Gasteiger partial charge in [-0.15, -0.1) is 0 Å². The molecule has 1 aliphatic heterocycles. The fourth-order valence-corrected chi connectivity index (χ4v) is 2.31. The lowest BCUT2D eigenvalue weighted by Gasteiger charge is -2.08. The highest BCUT2D eigenvalue weighted by Gasteiger charge is 2.20. The molecule has 20 heavy (non-hydrogen) atoms. The minimum atomic E-state index is 0.262. The number of nitrogens with zero attached hydrogens (tertiary/aromatic N) is 1. The zero-order valence-corrected chi connectivity index (χ0v) is 11.7. The summed E-state index contributed by atoms with van der Waals surface area (Å²) in [4.78, 5) is 0. The molecule has 2 aromatic rings. The predicted molar refractivity (Wildman–Crippen MR) is 75.6 cm³/mol. The molecule has 1 unspecified atom stereocenters. The lowest BCUT2D eigenvalue weighted by Crippen LogP contribution is -2.00. The topological polar surface area (TPSA) is 70.5 Å². The molecule has 1 aromatic heterocycles. The summed E-state index contributed by atoms with van der Waals surface area (Å²) in [6.45, 7) is 4.61. The Hall–Kier alpha value is -2.17. The van der Waals surface area contributed by atoms with Crippen LogP contribution in [-0.2, 0) is 6.42 Å². The zero-order chi connectivity index (χ0) is 14.1. The van der Waals surface area contributed by atoms with Gasteiger partial charge in [-0.25, -0.2) is 0 Å². The second-order valence-electron chi connectivity index (χ2n) is 5.15. The average Bonchev–Trinajstić information content (AvgIpc) is 3.04. The van der Waals surface area contributed by atoms with Crippen molar-refractivity contribution in [3.05, 3.63) is 23.9 Å². The normalized spacial score (nSPS) is 14.5. The Balaban J connectivity index is 1.99. The predicted octanol–water partition coefficient (Wildman–Crippen LogP) is 3.24. The molecule has 0 spiro atoms. The first kappa shape index (κ1) is 12.8. The molecule has 2 N–H and O–H groups in total. The molecule has 5 heteroatoms. The third-order valence-electron chi connectivity index (χ3n) is 3.69. The van der Waals surface area contributed by atoms with E-state index < -0.39 is 0 Å². The summed E-state index contributed by atoms with van der Waals surface area (Å²) < 4.78 is 15.9. The molecular formula is C15H18N2O3. The summed E-state index contributed by atoms with van der Waals surface area (Å²) in [6.07, 6.45) is 1.94. The average molecular weight is 274 g/mol. The maximum absolute atomic E-state index is 5.93. The molecule has 0 saturated carbocycles. The van der Waals surface area contributed by atoms with E-state index in [9.17, 15) is 0 Å². The highest BCUT2D eigenvalue weighted by molar-refractivity contribution is 5.77. The lowest BCUT2D eigenvalue weighted by molar-refractivity contribution is 0.174. The quantitative estimate of drug-likeness (QED) is 0.926. The van der Waals surface area contributed by atoms with E-state index in [1.165, 1.54) is 0 Å². The van der Waals surface area contributed by atoms with Crippen molar-refractivity contribution in [1.29, 1.82) is 0 Å². The largest absolute Gasteiger partial charge is 0.454 e. The Labute approximate surface area is 117 Å². The second kappa shape index (κ2) is 5.07. The fraction of sp³-hybridized carbons (Fsp3) is 0.400. The molecule has 106 valence electrons. The summed E-state index contributed by atoms with van der Waals surface area (Å²) >= 11 is 0. The molecule has 1 aliphatic rings. The van der Waals surface area contributed by atoms with Gasteiger partial charge in [-0.05, 0) is 30.0 Å². The van der Waals surface area contributed by atoms with Gasteiger partial charge in [0.05, 0.1) is 11.3 Å². The number of nitrogens with two attached hydrogens (primary N) is 1. The van der Waals surface area contributed by atoms with Gasteiger partial charge in [0.2, 0.25) is 12.7 Å². The van der Waals surface area contributed by atoms with Crippen molar-refractivity contribution in [3.8, 4) is 22.6 Å². The Morgan fingerprint density at radius 3 is 2.90 bits per heavy atom. The summed E-state index contributed by atoms with van der Waals surface area (Å²) in [6, 6.07) is 5.76. The SMILES string of the molecule is CCC(C)Cc1noc(N)c1-c1ccc2c(c1)OCO2. The van der Waals surface area contributed by atoms with Crippen LogP contribution in [0.1, 0.15) is 26.0 Å². The van der Waals surface area contributed by atoms with Crippen LogP contribution in [0.5, 0.6) is 11.5 Å². The van der Waals surface area contributed by atoms with Crippen LogP contribution in [0.3, 0.4) is 0 Å². The number of fused-ring (bicyclic) bond motifs is 1. The standard InChI is InChI=1S/C15H18N2O3/c1-3-9(2)6-11-14(15(16)20-17-11)10-4-5-12-13(7-10)19-8-18-12/h4-5,7,9H,3,6,8,16H2,1-2H3. The van der Waals surface area contributed by atoms with Gasteiger partial charge in [0.15, 0.2) is 11.5 Å². The number of ether oxygens (including phenoxy) is 2. The van der Waals surface area contributed by atoms with Crippen LogP contribution in [0.4, 0.5) is 5.88 Å². The molecule has 0 aliphatic carbocycles. The third kappa shape index (κ3) is 2.19. The molecule has 5 nitrogen and oxygen atoms in total. The third-order valence-corrected chi connectivity index (χ3v) is 3.69. The molecular weight excluding hydrogens is 256 g/mol. The van der Waals surface area contributed by atoms with Crippen LogP contribution in [0, 0.1) is 5.92 Å². The number of benzene rings is 1. The van der Waals surface area contributed by atoms with E-state index >= 15 is 0 Å². The molecule has 0 amide bonds. The van der Waals surface area contributed by atoms with E-state index in [1.54, 1.807) is 0 Å². The smallest absolute Gasteiger partial charge is 0.231 e. The van der Waals surface area contributed by atoms with E-state index in [0.29, 0.717) is 11.8 Å². The molecule has 0 saturated heterocycles. The van der Waals surface area contributed by atoms with Gasteiger partial charge in [-0.3, -0.25) is 0 Å². The minimum absolute atomic E-state index is 0.262. The maximum atomic E-state index is 5.93. The van der Waals surface area contributed by atoms with Crippen LogP contribution in [-0.4, -0.2) is 11.9 Å². The van der Waals surface area contributed by atoms with E-state index in [-0.39, 0.29) is 6.79 Å². The van der Waals surface area contributed by atoms with Gasteiger partial charge in [-0.1, -0.05) is 31.5 Å². The number of aromatic nitrogens is 1. The molecule has 3 rings (SSSR count). The Morgan fingerprint density at radius 2 is 2.10 bits per heavy atom. The van der Waals surface area contributed by atoms with Gasteiger partial charge in [0.1, 0.15) is 0 Å². The zero-order valence-electron chi connectivity index (χ0n) is 11.7. The molecule has 0 radical (unpaired) electrons. The molecule has 2 heterocycles. The summed E-state index contributed by atoms with van der Waals surface area (Å²) in [5.74, 6) is 2.37. The first-order chi connectivity index (χ1) is 9.69. The van der Waals surface area contributed by atoms with E-state index in [4.69, 9.17) is 19.7 Å². The van der Waals surface area contributed by atoms with Crippen LogP contribution in [0.25, 0.3) is 11.1 Å². The molecule has 1 atom stereocenters. The summed E-state index contributed by atoms with van der Waals surface area (Å²) in [5.41, 5.74) is 8.65. The highest BCUT2D eigenvalue weighted by atomic mass is 16.7. The van der Waals surface area contributed by atoms with Crippen LogP contribution < -0.4 is 15.2 Å². The Morgan fingerprint density at radius 1 is 1.30 bits per heavy atom. The van der Waals surface area contributed by atoms with Crippen molar-refractivity contribution in [3.63, 3.8) is 0 Å². The minimum Gasteiger partial charge on any atom is -0.454 e. The van der Waals surface area contributed by atoms with Gasteiger partial charge in [0.25, 0.3) is 0 Å². The Bertz CT molecular complexity index is 622. The molecule has 0 bridgehead atoms. The van der Waals surface area contributed by atoms with E-state index in [0.717, 1.165) is 41.2 Å². The fourth-order valence-electron chi connectivity index (χ4n) is 2.31. The molecule has 0 fully saturated rings. The lowest BCUT2D eigenvalue weighted by atomic mass is 9.97. The first-order valence-electron chi connectivity index (χ1n) is 6.83. The van der Waals surface area contributed by atoms with Gasteiger partial charge in [0, 0.05) is 0 Å². The van der Waals surface area contributed by atoms with Crippen molar-refractivity contribution < 1.29 is 14.0 Å². The van der Waals surface area contributed by atoms with Crippen molar-refractivity contribution in [1.82, 2.24) is 5.16 Å². The molecule has 1 aromatic carbocycles. The van der Waals surface area contributed by atoms with Gasteiger partial charge in [-0.2, -0.15) is 0 Å². The number of anilines is 1.